The highest BCUT2D eigenvalue weighted by molar-refractivity contribution is 6.36. The molecule has 1 amide bonds. The monoisotopic (exact) mass is 323 g/mol. The lowest BCUT2D eigenvalue weighted by atomic mass is 9.98. The summed E-state index contributed by atoms with van der Waals surface area (Å²) in [6, 6.07) is 10.0. The fourth-order valence-electron chi connectivity index (χ4n) is 3.17. The van der Waals surface area contributed by atoms with Crippen LogP contribution in [0, 0.1) is 5.82 Å². The zero-order valence-corrected chi connectivity index (χ0v) is 12.8. The largest absolute Gasteiger partial charge is 0.487 e. The standard InChI is InChI=1S/C19H14FNO3/c20-13-4-6-16-15(9-13)17(19(23)21-16)18-14-5-3-11(2-1-7-22)8-12(14)10-24-18/h3-9H,1-2,10H2,(H,21,23). The second-order valence-corrected chi connectivity index (χ2v) is 5.83. The van der Waals surface area contributed by atoms with Crippen LogP contribution in [0.15, 0.2) is 36.4 Å². The van der Waals surface area contributed by atoms with Crippen LogP contribution in [0.5, 0.6) is 0 Å². The molecule has 5 heteroatoms. The molecule has 24 heavy (non-hydrogen) atoms. The number of carbonyl (C=O) groups is 2. The van der Waals surface area contributed by atoms with Crippen LogP contribution in [0.1, 0.15) is 28.7 Å². The fraction of sp³-hybridized carbons (Fsp3) is 0.158. The molecule has 2 aromatic carbocycles. The minimum atomic E-state index is -0.397. The smallest absolute Gasteiger partial charge is 0.260 e. The van der Waals surface area contributed by atoms with Crippen LogP contribution < -0.4 is 5.32 Å². The van der Waals surface area contributed by atoms with Gasteiger partial charge < -0.3 is 14.8 Å². The van der Waals surface area contributed by atoms with Crippen molar-refractivity contribution in [3.05, 3.63) is 64.5 Å². The molecule has 0 unspecified atom stereocenters. The van der Waals surface area contributed by atoms with Gasteiger partial charge in [-0.2, -0.15) is 0 Å². The first-order valence-corrected chi connectivity index (χ1v) is 7.71. The summed E-state index contributed by atoms with van der Waals surface area (Å²) in [6.45, 7) is 0.362. The number of rotatable bonds is 3. The lowest BCUT2D eigenvalue weighted by Crippen LogP contribution is -2.05. The topological polar surface area (TPSA) is 55.4 Å². The van der Waals surface area contributed by atoms with Gasteiger partial charge in [0, 0.05) is 28.8 Å². The molecule has 0 saturated heterocycles. The Bertz CT molecular complexity index is 901. The Labute approximate surface area is 137 Å². The average Bonchev–Trinajstić information content (AvgIpc) is 3.12. The maximum absolute atomic E-state index is 13.6. The number of aldehydes is 1. The van der Waals surface area contributed by atoms with Gasteiger partial charge in [-0.25, -0.2) is 4.39 Å². The van der Waals surface area contributed by atoms with Crippen molar-refractivity contribution in [3.63, 3.8) is 0 Å². The van der Waals surface area contributed by atoms with Crippen molar-refractivity contribution in [1.29, 1.82) is 0 Å². The summed E-state index contributed by atoms with van der Waals surface area (Å²) < 4.78 is 19.3. The van der Waals surface area contributed by atoms with Gasteiger partial charge in [-0.15, -0.1) is 0 Å². The van der Waals surface area contributed by atoms with Gasteiger partial charge in [0.1, 0.15) is 24.5 Å². The van der Waals surface area contributed by atoms with E-state index >= 15 is 0 Å². The Morgan fingerprint density at radius 2 is 2.04 bits per heavy atom. The molecule has 2 aromatic rings. The van der Waals surface area contributed by atoms with Gasteiger partial charge >= 0.3 is 0 Å². The summed E-state index contributed by atoms with van der Waals surface area (Å²) in [4.78, 5) is 22.8. The third-order valence-electron chi connectivity index (χ3n) is 4.29. The van der Waals surface area contributed by atoms with Crippen molar-refractivity contribution >= 4 is 29.2 Å². The molecule has 4 nitrogen and oxygen atoms in total. The molecule has 0 aliphatic carbocycles. The number of nitrogens with one attached hydrogen (secondary N) is 1. The van der Waals surface area contributed by atoms with Crippen LogP contribution >= 0.6 is 0 Å². The van der Waals surface area contributed by atoms with E-state index in [1.54, 1.807) is 6.07 Å². The number of hydrogen-bond donors (Lipinski definition) is 1. The van der Waals surface area contributed by atoms with E-state index in [1.807, 2.05) is 18.2 Å². The van der Waals surface area contributed by atoms with Crippen molar-refractivity contribution in [2.75, 3.05) is 5.32 Å². The first kappa shape index (κ1) is 14.6. The minimum Gasteiger partial charge on any atom is -0.487 e. The first-order chi connectivity index (χ1) is 11.7. The predicted molar refractivity (Wildman–Crippen MR) is 87.5 cm³/mol. The van der Waals surface area contributed by atoms with Crippen LogP contribution in [0.4, 0.5) is 10.1 Å². The number of fused-ring (bicyclic) bond motifs is 2. The van der Waals surface area contributed by atoms with Gasteiger partial charge in [0.25, 0.3) is 5.91 Å². The van der Waals surface area contributed by atoms with Gasteiger partial charge in [0.05, 0.1) is 5.57 Å². The maximum Gasteiger partial charge on any atom is 0.260 e. The third-order valence-corrected chi connectivity index (χ3v) is 4.29. The molecular formula is C19H14FNO3. The first-order valence-electron chi connectivity index (χ1n) is 7.71. The van der Waals surface area contributed by atoms with E-state index < -0.39 is 5.82 Å². The molecule has 0 atom stereocenters. The Hall–Kier alpha value is -2.95. The highest BCUT2D eigenvalue weighted by Crippen LogP contribution is 2.41. The van der Waals surface area contributed by atoms with E-state index in [9.17, 15) is 14.0 Å². The van der Waals surface area contributed by atoms with E-state index in [0.717, 1.165) is 23.0 Å². The van der Waals surface area contributed by atoms with Gasteiger partial charge in [0.2, 0.25) is 0 Å². The van der Waals surface area contributed by atoms with Crippen LogP contribution in [-0.2, 0) is 27.4 Å². The molecule has 1 N–H and O–H groups in total. The van der Waals surface area contributed by atoms with Crippen molar-refractivity contribution in [2.45, 2.75) is 19.4 Å². The number of benzene rings is 2. The predicted octanol–water partition coefficient (Wildman–Crippen LogP) is 3.31. The Morgan fingerprint density at radius 3 is 2.88 bits per heavy atom. The summed E-state index contributed by atoms with van der Waals surface area (Å²) in [6.07, 6.45) is 2.05. The highest BCUT2D eigenvalue weighted by atomic mass is 19.1. The van der Waals surface area contributed by atoms with Crippen molar-refractivity contribution in [3.8, 4) is 0 Å². The van der Waals surface area contributed by atoms with Gasteiger partial charge in [-0.3, -0.25) is 4.79 Å². The summed E-state index contributed by atoms with van der Waals surface area (Å²) in [5.74, 6) is -0.206. The number of hydrogen-bond acceptors (Lipinski definition) is 3. The van der Waals surface area contributed by atoms with Crippen LogP contribution in [-0.4, -0.2) is 12.2 Å². The number of halogens is 1. The van der Waals surface area contributed by atoms with Gasteiger partial charge in [-0.05, 0) is 30.2 Å². The van der Waals surface area contributed by atoms with Gasteiger partial charge in [0.15, 0.2) is 0 Å². The lowest BCUT2D eigenvalue weighted by Gasteiger charge is -2.05. The number of aryl methyl sites for hydroxylation is 1. The molecule has 2 aliphatic heterocycles. The van der Waals surface area contributed by atoms with Crippen molar-refractivity contribution < 1.29 is 18.7 Å². The number of carbonyl (C=O) groups excluding carboxylic acids is 2. The number of amides is 1. The number of anilines is 1. The molecule has 0 saturated carbocycles. The Balaban J connectivity index is 1.80. The molecule has 0 spiro atoms. The molecule has 0 bridgehead atoms. The molecule has 2 heterocycles. The molecule has 4 rings (SSSR count). The minimum absolute atomic E-state index is 0.288. The van der Waals surface area contributed by atoms with E-state index in [4.69, 9.17) is 4.74 Å². The third kappa shape index (κ3) is 2.29. The van der Waals surface area contributed by atoms with Crippen LogP contribution in [0.25, 0.3) is 11.3 Å². The molecular weight excluding hydrogens is 309 g/mol. The molecule has 0 radical (unpaired) electrons. The highest BCUT2D eigenvalue weighted by Gasteiger charge is 2.32. The Morgan fingerprint density at radius 1 is 1.17 bits per heavy atom. The zero-order valence-electron chi connectivity index (χ0n) is 12.8. The SMILES string of the molecule is O=CCCc1ccc2c(c1)COC2=C1C(=O)Nc2ccc(F)cc21. The lowest BCUT2D eigenvalue weighted by molar-refractivity contribution is -0.111. The average molecular weight is 323 g/mol. The molecule has 120 valence electrons. The second kappa shape index (κ2) is 5.60. The van der Waals surface area contributed by atoms with E-state index in [0.29, 0.717) is 42.0 Å². The second-order valence-electron chi connectivity index (χ2n) is 5.83. The van der Waals surface area contributed by atoms with Crippen LogP contribution in [0.3, 0.4) is 0 Å². The Kier molecular flexibility index (Phi) is 3.41. The summed E-state index contributed by atoms with van der Waals surface area (Å²) in [7, 11) is 0. The van der Waals surface area contributed by atoms with Crippen LogP contribution in [0.2, 0.25) is 0 Å². The molecule has 0 aromatic heterocycles. The van der Waals surface area contributed by atoms with Gasteiger partial charge in [-0.1, -0.05) is 18.2 Å². The maximum atomic E-state index is 13.6. The summed E-state index contributed by atoms with van der Waals surface area (Å²) >= 11 is 0. The van der Waals surface area contributed by atoms with Crippen molar-refractivity contribution in [1.82, 2.24) is 0 Å². The van der Waals surface area contributed by atoms with Crippen molar-refractivity contribution in [2.24, 2.45) is 0 Å². The van der Waals surface area contributed by atoms with E-state index in [2.05, 4.69) is 5.32 Å². The zero-order chi connectivity index (χ0) is 16.7. The van der Waals surface area contributed by atoms with E-state index in [1.165, 1.54) is 12.1 Å². The summed E-state index contributed by atoms with van der Waals surface area (Å²) in [5.41, 5.74) is 4.34. The van der Waals surface area contributed by atoms with E-state index in [-0.39, 0.29) is 5.91 Å². The normalized spacial score (nSPS) is 18.0. The fourth-order valence-corrected chi connectivity index (χ4v) is 3.17. The quantitative estimate of drug-likeness (QED) is 0.696. The summed E-state index contributed by atoms with van der Waals surface area (Å²) in [5, 5.41) is 2.74. The molecule has 0 fully saturated rings. The number of ether oxygens (including phenoxy) is 1. The molecule has 2 aliphatic rings.